The predicted octanol–water partition coefficient (Wildman–Crippen LogP) is 3.56. The number of hydrogen-bond acceptors (Lipinski definition) is 2. The van der Waals surface area contributed by atoms with Crippen molar-refractivity contribution in [2.75, 3.05) is 10.6 Å². The van der Waals surface area contributed by atoms with Crippen LogP contribution in [0.2, 0.25) is 0 Å². The molecular weight excluding hydrogens is 335 g/mol. The molecule has 0 atom stereocenters. The number of carbonyl (C=O) groups is 2. The lowest BCUT2D eigenvalue weighted by Gasteiger charge is -2.09. The molecule has 0 aliphatic heterocycles. The molecule has 24 heavy (non-hydrogen) atoms. The number of nitrogens with one attached hydrogen (secondary N) is 2. The van der Waals surface area contributed by atoms with Crippen LogP contribution in [-0.2, 0) is 15.8 Å². The van der Waals surface area contributed by atoms with Crippen LogP contribution in [0.15, 0.2) is 42.5 Å². The Hall–Kier alpha value is -2.97. The first kappa shape index (κ1) is 17.4. The van der Waals surface area contributed by atoms with E-state index in [9.17, 15) is 31.5 Å². The van der Waals surface area contributed by atoms with E-state index in [-0.39, 0.29) is 11.4 Å². The fourth-order valence-corrected chi connectivity index (χ4v) is 1.69. The SMILES string of the molecule is O=C(Nc1ccc(C(F)(F)F)cc1)C(=O)Nc1ccc(F)c(F)c1. The van der Waals surface area contributed by atoms with Gasteiger partial charge in [-0.05, 0) is 36.4 Å². The first-order valence-corrected chi connectivity index (χ1v) is 6.41. The van der Waals surface area contributed by atoms with Crippen molar-refractivity contribution in [2.45, 2.75) is 6.18 Å². The zero-order chi connectivity index (χ0) is 17.9. The molecule has 0 spiro atoms. The lowest BCUT2D eigenvalue weighted by Crippen LogP contribution is -2.29. The molecule has 2 N–H and O–H groups in total. The van der Waals surface area contributed by atoms with Crippen molar-refractivity contribution in [1.82, 2.24) is 0 Å². The Kier molecular flexibility index (Phi) is 4.82. The number of halogens is 5. The normalized spacial score (nSPS) is 11.0. The maximum absolute atomic E-state index is 13.0. The van der Waals surface area contributed by atoms with E-state index in [0.717, 1.165) is 36.4 Å². The van der Waals surface area contributed by atoms with Crippen LogP contribution in [0.5, 0.6) is 0 Å². The molecule has 0 radical (unpaired) electrons. The predicted molar refractivity (Wildman–Crippen MR) is 75.1 cm³/mol. The van der Waals surface area contributed by atoms with E-state index in [1.54, 1.807) is 0 Å². The fourth-order valence-electron chi connectivity index (χ4n) is 1.69. The molecule has 126 valence electrons. The van der Waals surface area contributed by atoms with Gasteiger partial charge in [-0.2, -0.15) is 13.2 Å². The summed E-state index contributed by atoms with van der Waals surface area (Å²) in [6.07, 6.45) is -4.52. The van der Waals surface area contributed by atoms with E-state index in [4.69, 9.17) is 0 Å². The maximum atomic E-state index is 13.0. The van der Waals surface area contributed by atoms with Gasteiger partial charge in [0.15, 0.2) is 11.6 Å². The molecule has 9 heteroatoms. The number of amides is 2. The lowest BCUT2D eigenvalue weighted by molar-refractivity contribution is -0.137. The highest BCUT2D eigenvalue weighted by molar-refractivity contribution is 6.43. The van der Waals surface area contributed by atoms with E-state index in [0.29, 0.717) is 6.07 Å². The summed E-state index contributed by atoms with van der Waals surface area (Å²) in [6.45, 7) is 0. The van der Waals surface area contributed by atoms with E-state index < -0.39 is 35.2 Å². The summed E-state index contributed by atoms with van der Waals surface area (Å²) in [5.74, 6) is -4.71. The molecule has 0 aromatic heterocycles. The molecule has 0 aliphatic carbocycles. The van der Waals surface area contributed by atoms with Gasteiger partial charge in [0.25, 0.3) is 0 Å². The van der Waals surface area contributed by atoms with Crippen LogP contribution in [-0.4, -0.2) is 11.8 Å². The second-order valence-corrected chi connectivity index (χ2v) is 4.61. The van der Waals surface area contributed by atoms with Crippen molar-refractivity contribution in [3.63, 3.8) is 0 Å². The standard InChI is InChI=1S/C15H9F5N2O2/c16-11-6-5-10(7-12(11)17)22-14(24)13(23)21-9-3-1-8(2-4-9)15(18,19)20/h1-7H,(H,21,23)(H,22,24). The Balaban J connectivity index is 2.01. The minimum absolute atomic E-state index is 0.0339. The highest BCUT2D eigenvalue weighted by Crippen LogP contribution is 2.29. The number of carbonyl (C=O) groups excluding carboxylic acids is 2. The van der Waals surface area contributed by atoms with Crippen LogP contribution in [0.25, 0.3) is 0 Å². The second-order valence-electron chi connectivity index (χ2n) is 4.61. The van der Waals surface area contributed by atoms with Gasteiger partial charge in [0, 0.05) is 17.4 Å². The number of alkyl halides is 3. The molecule has 0 fully saturated rings. The van der Waals surface area contributed by atoms with Crippen molar-refractivity contribution in [1.29, 1.82) is 0 Å². The monoisotopic (exact) mass is 344 g/mol. The number of rotatable bonds is 2. The van der Waals surface area contributed by atoms with Crippen molar-refractivity contribution >= 4 is 23.2 Å². The Morgan fingerprint density at radius 3 is 1.75 bits per heavy atom. The molecule has 2 aromatic carbocycles. The van der Waals surface area contributed by atoms with E-state index >= 15 is 0 Å². The Morgan fingerprint density at radius 1 is 0.750 bits per heavy atom. The summed E-state index contributed by atoms with van der Waals surface area (Å²) in [5, 5.41) is 4.11. The summed E-state index contributed by atoms with van der Waals surface area (Å²) < 4.78 is 63.0. The minimum Gasteiger partial charge on any atom is -0.318 e. The lowest BCUT2D eigenvalue weighted by atomic mass is 10.2. The Labute approximate surface area is 132 Å². The van der Waals surface area contributed by atoms with Crippen LogP contribution in [0.1, 0.15) is 5.56 Å². The number of benzene rings is 2. The molecule has 0 saturated carbocycles. The molecule has 2 amide bonds. The summed E-state index contributed by atoms with van der Waals surface area (Å²) in [4.78, 5) is 23.3. The van der Waals surface area contributed by atoms with Gasteiger partial charge >= 0.3 is 18.0 Å². The molecule has 2 aromatic rings. The number of hydrogen-bond donors (Lipinski definition) is 2. The third kappa shape index (κ3) is 4.28. The van der Waals surface area contributed by atoms with Gasteiger partial charge in [0.1, 0.15) is 0 Å². The zero-order valence-electron chi connectivity index (χ0n) is 11.7. The van der Waals surface area contributed by atoms with Gasteiger partial charge in [-0.3, -0.25) is 9.59 Å². The van der Waals surface area contributed by atoms with Gasteiger partial charge in [0.05, 0.1) is 5.56 Å². The Bertz CT molecular complexity index is 772. The van der Waals surface area contributed by atoms with Gasteiger partial charge in [-0.25, -0.2) is 8.78 Å². The van der Waals surface area contributed by atoms with E-state index in [2.05, 4.69) is 5.32 Å². The summed E-state index contributed by atoms with van der Waals surface area (Å²) in [7, 11) is 0. The van der Waals surface area contributed by atoms with E-state index in [1.165, 1.54) is 0 Å². The topological polar surface area (TPSA) is 58.2 Å². The van der Waals surface area contributed by atoms with Crippen LogP contribution >= 0.6 is 0 Å². The smallest absolute Gasteiger partial charge is 0.318 e. The van der Waals surface area contributed by atoms with Gasteiger partial charge in [-0.1, -0.05) is 0 Å². The second kappa shape index (κ2) is 6.65. The average molecular weight is 344 g/mol. The van der Waals surface area contributed by atoms with Crippen molar-refractivity contribution in [2.24, 2.45) is 0 Å². The molecule has 0 heterocycles. The van der Waals surface area contributed by atoms with Crippen LogP contribution in [0.4, 0.5) is 33.3 Å². The molecule has 0 unspecified atom stereocenters. The van der Waals surface area contributed by atoms with Gasteiger partial charge < -0.3 is 10.6 Å². The summed E-state index contributed by atoms with van der Waals surface area (Å²) >= 11 is 0. The molecule has 0 aliphatic rings. The van der Waals surface area contributed by atoms with Crippen molar-refractivity contribution in [3.8, 4) is 0 Å². The van der Waals surface area contributed by atoms with Crippen LogP contribution in [0, 0.1) is 11.6 Å². The largest absolute Gasteiger partial charge is 0.416 e. The van der Waals surface area contributed by atoms with Crippen LogP contribution < -0.4 is 10.6 Å². The molecule has 0 bridgehead atoms. The molecule has 2 rings (SSSR count). The van der Waals surface area contributed by atoms with Gasteiger partial charge in [-0.15, -0.1) is 0 Å². The Morgan fingerprint density at radius 2 is 1.25 bits per heavy atom. The summed E-state index contributed by atoms with van der Waals surface area (Å²) in [5.41, 5.74) is -1.10. The van der Waals surface area contributed by atoms with Crippen molar-refractivity contribution in [3.05, 3.63) is 59.7 Å². The maximum Gasteiger partial charge on any atom is 0.416 e. The fraction of sp³-hybridized carbons (Fsp3) is 0.0667. The first-order valence-electron chi connectivity index (χ1n) is 6.41. The first-order chi connectivity index (χ1) is 11.2. The minimum atomic E-state index is -4.52. The third-order valence-electron chi connectivity index (χ3n) is 2.85. The zero-order valence-corrected chi connectivity index (χ0v) is 11.7. The van der Waals surface area contributed by atoms with Crippen LogP contribution in [0.3, 0.4) is 0 Å². The summed E-state index contributed by atoms with van der Waals surface area (Å²) in [6, 6.07) is 5.92. The highest BCUT2D eigenvalue weighted by atomic mass is 19.4. The average Bonchev–Trinajstić information content (AvgIpc) is 2.50. The molecular formula is C15H9F5N2O2. The van der Waals surface area contributed by atoms with E-state index in [1.807, 2.05) is 5.32 Å². The quantitative estimate of drug-likeness (QED) is 0.646. The van der Waals surface area contributed by atoms with Gasteiger partial charge in [0.2, 0.25) is 0 Å². The highest BCUT2D eigenvalue weighted by Gasteiger charge is 2.30. The third-order valence-corrected chi connectivity index (χ3v) is 2.85. The van der Waals surface area contributed by atoms with Crippen molar-refractivity contribution < 1.29 is 31.5 Å². The molecule has 0 saturated heterocycles. The number of anilines is 2. The molecule has 4 nitrogen and oxygen atoms in total.